The number of benzene rings is 14. The van der Waals surface area contributed by atoms with Crippen molar-refractivity contribution in [2.24, 2.45) is 0 Å². The fraction of sp³-hybridized carbons (Fsp3) is 0.0270. The number of allylic oxidation sites excluding steroid dienone is 1. The van der Waals surface area contributed by atoms with E-state index in [0.29, 0.717) is 0 Å². The summed E-state index contributed by atoms with van der Waals surface area (Å²) < 4.78 is 0. The lowest BCUT2D eigenvalue weighted by Crippen LogP contribution is -2.11. The summed E-state index contributed by atoms with van der Waals surface area (Å²) in [5, 5.41) is 16.9. The van der Waals surface area contributed by atoms with E-state index in [4.69, 9.17) is 0 Å². The van der Waals surface area contributed by atoms with Gasteiger partial charge in [0, 0.05) is 32.9 Å². The smallest absolute Gasteiger partial charge is 0.0540 e. The Balaban J connectivity index is 1.08. The number of fused-ring (bicyclic) bond motifs is 8. The first-order chi connectivity index (χ1) is 37.7. The molecule has 0 saturated heterocycles. The van der Waals surface area contributed by atoms with Crippen molar-refractivity contribution < 1.29 is 0 Å². The van der Waals surface area contributed by atoms with Crippen LogP contribution < -0.4 is 9.80 Å². The SMILES string of the molecule is C1=Cc2ccc(-c3c4ccc(N(c5cccc6ccccc56)c5cccc6ccccc56)cc4c(-c4ccc5ccccc5c4)c4ccc(N(c5cccc6ccccc56)c5cccc6ccccc56)cc34)cc2CC1. The van der Waals surface area contributed by atoms with Gasteiger partial charge in [-0.25, -0.2) is 0 Å². The molecule has 0 aromatic heterocycles. The molecular formula is C74H50N2. The molecule has 0 amide bonds. The normalized spacial score (nSPS) is 12.3. The molecule has 0 radical (unpaired) electrons. The van der Waals surface area contributed by atoms with E-state index in [9.17, 15) is 0 Å². The van der Waals surface area contributed by atoms with E-state index in [1.54, 1.807) is 0 Å². The maximum absolute atomic E-state index is 2.50. The molecule has 14 aromatic rings. The van der Waals surface area contributed by atoms with Gasteiger partial charge in [0.2, 0.25) is 0 Å². The summed E-state index contributed by atoms with van der Waals surface area (Å²) in [7, 11) is 0. The maximum atomic E-state index is 2.50. The lowest BCUT2D eigenvalue weighted by molar-refractivity contribution is 0.986. The van der Waals surface area contributed by atoms with Crippen LogP contribution in [0.1, 0.15) is 17.5 Å². The third-order valence-electron chi connectivity index (χ3n) is 16.0. The molecule has 0 aliphatic heterocycles. The minimum absolute atomic E-state index is 1.01. The van der Waals surface area contributed by atoms with E-state index in [1.165, 1.54) is 109 Å². The highest BCUT2D eigenvalue weighted by Crippen LogP contribution is 2.51. The number of rotatable bonds is 8. The van der Waals surface area contributed by atoms with E-state index in [2.05, 4.69) is 289 Å². The molecule has 76 heavy (non-hydrogen) atoms. The van der Waals surface area contributed by atoms with Crippen molar-refractivity contribution in [1.29, 1.82) is 0 Å². The van der Waals surface area contributed by atoms with Crippen LogP contribution in [-0.2, 0) is 6.42 Å². The number of hydrogen-bond donors (Lipinski definition) is 0. The molecule has 0 heterocycles. The molecule has 0 spiro atoms. The number of aryl methyl sites for hydroxylation is 1. The largest absolute Gasteiger partial charge is 0.309 e. The van der Waals surface area contributed by atoms with Gasteiger partial charge in [-0.3, -0.25) is 0 Å². The predicted octanol–water partition coefficient (Wildman–Crippen LogP) is 21.0. The molecule has 1 aliphatic carbocycles. The first-order valence-corrected chi connectivity index (χ1v) is 26.5. The Morgan fingerprint density at radius 3 is 1.13 bits per heavy atom. The van der Waals surface area contributed by atoms with Crippen LogP contribution in [0, 0.1) is 0 Å². The molecule has 15 rings (SSSR count). The molecule has 0 saturated carbocycles. The van der Waals surface area contributed by atoms with Crippen molar-refractivity contribution in [3.8, 4) is 22.3 Å². The molecule has 2 nitrogen and oxygen atoms in total. The van der Waals surface area contributed by atoms with Crippen LogP contribution in [-0.4, -0.2) is 0 Å². The highest BCUT2D eigenvalue weighted by molar-refractivity contribution is 6.24. The highest BCUT2D eigenvalue weighted by atomic mass is 15.2. The number of hydrogen-bond acceptors (Lipinski definition) is 2. The topological polar surface area (TPSA) is 6.48 Å². The maximum Gasteiger partial charge on any atom is 0.0540 e. The molecule has 1 aliphatic rings. The second-order valence-electron chi connectivity index (χ2n) is 20.3. The van der Waals surface area contributed by atoms with Crippen LogP contribution in [0.4, 0.5) is 34.1 Å². The molecule has 0 fully saturated rings. The van der Waals surface area contributed by atoms with Crippen molar-refractivity contribution in [2.45, 2.75) is 12.8 Å². The van der Waals surface area contributed by atoms with Crippen molar-refractivity contribution in [3.63, 3.8) is 0 Å². The molecule has 0 bridgehead atoms. The van der Waals surface area contributed by atoms with E-state index in [1.807, 2.05) is 0 Å². The standard InChI is InChI=1S/C74H50N2/c1-3-23-55-45-57(39-37-49(55)17-1)73-65-43-41-60(76(71-35-15-27-53-21-7-11-31-63(53)71)72-36-16-28-54-22-8-12-32-64(54)72)48-68(65)74(58-40-38-50-18-2-4-24-56(50)46-58)66-44-42-59(47-67(66)73)75(69-33-13-25-51-19-5-9-29-61(51)69)70-34-14-26-52-20-6-10-30-62(52)70/h1-3,5-23,25-48H,4,24H2. The lowest BCUT2D eigenvalue weighted by Gasteiger charge is -2.30. The molecule has 356 valence electrons. The van der Waals surface area contributed by atoms with E-state index >= 15 is 0 Å². The molecule has 0 atom stereocenters. The first kappa shape index (κ1) is 43.8. The van der Waals surface area contributed by atoms with Crippen LogP contribution in [0.5, 0.6) is 0 Å². The monoisotopic (exact) mass is 966 g/mol. The van der Waals surface area contributed by atoms with Crippen molar-refractivity contribution in [1.82, 2.24) is 0 Å². The van der Waals surface area contributed by atoms with Crippen molar-refractivity contribution >= 4 is 116 Å². The van der Waals surface area contributed by atoms with Crippen LogP contribution in [0.25, 0.3) is 104 Å². The molecule has 0 N–H and O–H groups in total. The van der Waals surface area contributed by atoms with Gasteiger partial charge in [0.1, 0.15) is 0 Å². The van der Waals surface area contributed by atoms with E-state index < -0.39 is 0 Å². The second kappa shape index (κ2) is 18.0. The minimum atomic E-state index is 1.01. The summed E-state index contributed by atoms with van der Waals surface area (Å²) in [4.78, 5) is 5.00. The molecular weight excluding hydrogens is 917 g/mol. The third kappa shape index (κ3) is 7.25. The highest BCUT2D eigenvalue weighted by Gasteiger charge is 2.25. The summed E-state index contributed by atoms with van der Waals surface area (Å²) in [5.41, 5.74) is 14.3. The lowest BCUT2D eigenvalue weighted by atomic mass is 9.83. The third-order valence-corrected chi connectivity index (χ3v) is 16.0. The Bertz CT molecular complexity index is 4500. The zero-order valence-electron chi connectivity index (χ0n) is 41.9. The van der Waals surface area contributed by atoms with Gasteiger partial charge < -0.3 is 9.80 Å². The zero-order chi connectivity index (χ0) is 50.1. The average molecular weight is 967 g/mol. The Hall–Kier alpha value is -9.76. The summed E-state index contributed by atoms with van der Waals surface area (Å²) in [6.07, 6.45) is 6.66. The van der Waals surface area contributed by atoms with Crippen LogP contribution in [0.3, 0.4) is 0 Å². The first-order valence-electron chi connectivity index (χ1n) is 26.5. The number of nitrogens with zero attached hydrogens (tertiary/aromatic N) is 2. The van der Waals surface area contributed by atoms with Crippen LogP contribution >= 0.6 is 0 Å². The summed E-state index contributed by atoms with van der Waals surface area (Å²) >= 11 is 0. The fourth-order valence-electron chi connectivity index (χ4n) is 12.5. The zero-order valence-corrected chi connectivity index (χ0v) is 41.9. The quantitative estimate of drug-likeness (QED) is 0.140. The summed E-state index contributed by atoms with van der Waals surface area (Å²) in [6.45, 7) is 0. The Labute approximate surface area is 442 Å². The van der Waals surface area contributed by atoms with Gasteiger partial charge in [-0.15, -0.1) is 0 Å². The molecule has 14 aromatic carbocycles. The van der Waals surface area contributed by atoms with E-state index in [0.717, 1.165) is 47.0 Å². The van der Waals surface area contributed by atoms with Gasteiger partial charge in [0.25, 0.3) is 0 Å². The van der Waals surface area contributed by atoms with Gasteiger partial charge in [-0.2, -0.15) is 0 Å². The second-order valence-corrected chi connectivity index (χ2v) is 20.3. The van der Waals surface area contributed by atoms with Gasteiger partial charge >= 0.3 is 0 Å². The Morgan fingerprint density at radius 1 is 0.263 bits per heavy atom. The number of anilines is 6. The van der Waals surface area contributed by atoms with Gasteiger partial charge in [-0.1, -0.05) is 224 Å². The van der Waals surface area contributed by atoms with E-state index in [-0.39, 0.29) is 0 Å². The molecule has 2 heteroatoms. The van der Waals surface area contributed by atoms with Crippen LogP contribution in [0.15, 0.2) is 273 Å². The van der Waals surface area contributed by atoms with Gasteiger partial charge in [0.05, 0.1) is 22.7 Å². The van der Waals surface area contributed by atoms with Crippen molar-refractivity contribution in [2.75, 3.05) is 9.80 Å². The average Bonchev–Trinajstić information content (AvgIpc) is 3.52. The van der Waals surface area contributed by atoms with Crippen LogP contribution in [0.2, 0.25) is 0 Å². The summed E-state index contributed by atoms with van der Waals surface area (Å²) in [6, 6.07) is 99.5. The fourth-order valence-corrected chi connectivity index (χ4v) is 12.5. The summed E-state index contributed by atoms with van der Waals surface area (Å²) in [5.74, 6) is 0. The van der Waals surface area contributed by atoms with Gasteiger partial charge in [0.15, 0.2) is 0 Å². The minimum Gasteiger partial charge on any atom is -0.309 e. The predicted molar refractivity (Wildman–Crippen MR) is 327 cm³/mol. The molecule has 0 unspecified atom stereocenters. The van der Waals surface area contributed by atoms with Gasteiger partial charge in [-0.05, 0) is 155 Å². The van der Waals surface area contributed by atoms with Crippen molar-refractivity contribution in [3.05, 3.63) is 284 Å². The Kier molecular flexibility index (Phi) is 10.4. The Morgan fingerprint density at radius 2 is 0.658 bits per heavy atom.